The summed E-state index contributed by atoms with van der Waals surface area (Å²) in [6.45, 7) is 0. The lowest BCUT2D eigenvalue weighted by Gasteiger charge is -2.23. The number of carboxylic acids is 1. The van der Waals surface area contributed by atoms with Gasteiger partial charge >= 0.3 is 5.97 Å². The van der Waals surface area contributed by atoms with Gasteiger partial charge in [-0.15, -0.1) is 0 Å². The SMILES string of the molecule is O=C(CSC1=N/C(=C\c2ccc(C(=O)O)cc2)C(=O)N1c1ccc(F)cc1)NC1CCCCC1. The number of aliphatic imine (C=N–C) groups is 1. The van der Waals surface area contributed by atoms with Gasteiger partial charge in [-0.25, -0.2) is 14.2 Å². The summed E-state index contributed by atoms with van der Waals surface area (Å²) < 4.78 is 13.5. The maximum atomic E-state index is 13.5. The van der Waals surface area contributed by atoms with Crippen molar-refractivity contribution in [3.63, 3.8) is 0 Å². The largest absolute Gasteiger partial charge is 0.478 e. The Morgan fingerprint density at radius 2 is 1.76 bits per heavy atom. The molecule has 1 fully saturated rings. The van der Waals surface area contributed by atoms with E-state index in [-0.39, 0.29) is 29.0 Å². The summed E-state index contributed by atoms with van der Waals surface area (Å²) in [4.78, 5) is 42.6. The van der Waals surface area contributed by atoms with Crippen LogP contribution < -0.4 is 10.2 Å². The molecule has 0 saturated heterocycles. The van der Waals surface area contributed by atoms with E-state index in [1.165, 1.54) is 47.7 Å². The molecule has 2 amide bonds. The number of hydrogen-bond acceptors (Lipinski definition) is 5. The Balaban J connectivity index is 1.54. The third-order valence-corrected chi connectivity index (χ3v) is 6.62. The smallest absolute Gasteiger partial charge is 0.335 e. The summed E-state index contributed by atoms with van der Waals surface area (Å²) in [6.07, 6.45) is 6.93. The highest BCUT2D eigenvalue weighted by molar-refractivity contribution is 8.14. The number of rotatable bonds is 6. The average molecular weight is 482 g/mol. The number of nitrogens with one attached hydrogen (secondary N) is 1. The van der Waals surface area contributed by atoms with Crippen LogP contribution in [-0.4, -0.2) is 39.9 Å². The highest BCUT2D eigenvalue weighted by atomic mass is 32.2. The molecule has 176 valence electrons. The van der Waals surface area contributed by atoms with E-state index in [9.17, 15) is 18.8 Å². The van der Waals surface area contributed by atoms with Crippen LogP contribution in [0.25, 0.3) is 6.08 Å². The first-order chi connectivity index (χ1) is 16.4. The van der Waals surface area contributed by atoms with Gasteiger partial charge in [0.05, 0.1) is 17.0 Å². The molecule has 9 heteroatoms. The maximum absolute atomic E-state index is 13.5. The molecule has 2 aromatic carbocycles. The van der Waals surface area contributed by atoms with Crippen molar-refractivity contribution < 1.29 is 23.9 Å². The van der Waals surface area contributed by atoms with Crippen LogP contribution >= 0.6 is 11.8 Å². The first-order valence-electron chi connectivity index (χ1n) is 11.1. The Bertz CT molecular complexity index is 1140. The van der Waals surface area contributed by atoms with E-state index in [0.29, 0.717) is 16.4 Å². The second kappa shape index (κ2) is 10.6. The van der Waals surface area contributed by atoms with Crippen molar-refractivity contribution in [1.29, 1.82) is 0 Å². The standard InChI is InChI=1S/C25H24FN3O4S/c26-18-10-12-20(13-11-18)29-23(31)21(14-16-6-8-17(9-7-16)24(32)33)28-25(29)34-15-22(30)27-19-4-2-1-3-5-19/h6-14,19H,1-5,15H2,(H,27,30)(H,32,33)/b21-14-. The second-order valence-corrected chi connectivity index (χ2v) is 9.10. The molecule has 0 unspecified atom stereocenters. The predicted octanol–water partition coefficient (Wildman–Crippen LogP) is 4.45. The average Bonchev–Trinajstić information content (AvgIpc) is 3.14. The van der Waals surface area contributed by atoms with Crippen molar-refractivity contribution in [3.05, 3.63) is 71.2 Å². The molecule has 2 aliphatic rings. The summed E-state index contributed by atoms with van der Waals surface area (Å²) in [6, 6.07) is 11.7. The zero-order chi connectivity index (χ0) is 24.1. The number of amides is 2. The van der Waals surface area contributed by atoms with Crippen LogP contribution in [-0.2, 0) is 9.59 Å². The van der Waals surface area contributed by atoms with Gasteiger partial charge in [0, 0.05) is 6.04 Å². The molecule has 0 atom stereocenters. The molecule has 0 spiro atoms. The Labute approximate surface area is 200 Å². The lowest BCUT2D eigenvalue weighted by atomic mass is 9.95. The first-order valence-corrected chi connectivity index (χ1v) is 12.1. The minimum absolute atomic E-state index is 0.0981. The van der Waals surface area contributed by atoms with Gasteiger partial charge in [-0.3, -0.25) is 14.5 Å². The van der Waals surface area contributed by atoms with Gasteiger partial charge in [-0.05, 0) is 60.9 Å². The maximum Gasteiger partial charge on any atom is 0.335 e. The van der Waals surface area contributed by atoms with Crippen LogP contribution in [0.5, 0.6) is 0 Å². The summed E-state index contributed by atoms with van der Waals surface area (Å²) in [7, 11) is 0. The number of benzene rings is 2. The van der Waals surface area contributed by atoms with E-state index >= 15 is 0 Å². The van der Waals surface area contributed by atoms with Crippen LogP contribution in [0.3, 0.4) is 0 Å². The Morgan fingerprint density at radius 3 is 2.41 bits per heavy atom. The summed E-state index contributed by atoms with van der Waals surface area (Å²) >= 11 is 1.14. The van der Waals surface area contributed by atoms with E-state index in [1.807, 2.05) is 0 Å². The number of anilines is 1. The van der Waals surface area contributed by atoms with Gasteiger partial charge in [0.1, 0.15) is 11.5 Å². The van der Waals surface area contributed by atoms with E-state index in [0.717, 1.165) is 37.4 Å². The highest BCUT2D eigenvalue weighted by Crippen LogP contribution is 2.30. The molecule has 1 aliphatic heterocycles. The van der Waals surface area contributed by atoms with E-state index in [4.69, 9.17) is 5.11 Å². The van der Waals surface area contributed by atoms with Crippen molar-refractivity contribution in [3.8, 4) is 0 Å². The van der Waals surface area contributed by atoms with Crippen LogP contribution in [0, 0.1) is 5.82 Å². The summed E-state index contributed by atoms with van der Waals surface area (Å²) in [5.41, 5.74) is 1.33. The number of carbonyl (C=O) groups excluding carboxylic acids is 2. The zero-order valence-corrected chi connectivity index (χ0v) is 19.2. The Morgan fingerprint density at radius 1 is 1.09 bits per heavy atom. The fourth-order valence-electron chi connectivity index (χ4n) is 3.94. The predicted molar refractivity (Wildman–Crippen MR) is 130 cm³/mol. The van der Waals surface area contributed by atoms with Crippen LogP contribution in [0.4, 0.5) is 10.1 Å². The number of carboxylic acid groups (broad SMARTS) is 1. The third kappa shape index (κ3) is 5.72. The highest BCUT2D eigenvalue weighted by Gasteiger charge is 2.32. The monoisotopic (exact) mass is 481 g/mol. The van der Waals surface area contributed by atoms with Crippen LogP contribution in [0.2, 0.25) is 0 Å². The molecule has 0 bridgehead atoms. The Hall–Kier alpha value is -3.46. The molecular formula is C25H24FN3O4S. The number of thioether (sulfide) groups is 1. The van der Waals surface area contributed by atoms with Gasteiger partial charge < -0.3 is 10.4 Å². The van der Waals surface area contributed by atoms with Crippen molar-refractivity contribution in [2.45, 2.75) is 38.1 Å². The van der Waals surface area contributed by atoms with Gasteiger partial charge in [0.15, 0.2) is 5.17 Å². The number of halogens is 1. The van der Waals surface area contributed by atoms with Crippen molar-refractivity contribution in [2.24, 2.45) is 4.99 Å². The number of nitrogens with zero attached hydrogens (tertiary/aromatic N) is 2. The van der Waals surface area contributed by atoms with Crippen LogP contribution in [0.15, 0.2) is 59.2 Å². The molecule has 1 heterocycles. The van der Waals surface area contributed by atoms with E-state index < -0.39 is 17.7 Å². The second-order valence-electron chi connectivity index (χ2n) is 8.16. The molecule has 0 radical (unpaired) electrons. The van der Waals surface area contributed by atoms with Crippen molar-refractivity contribution in [1.82, 2.24) is 5.32 Å². The van der Waals surface area contributed by atoms with Gasteiger partial charge in [-0.1, -0.05) is 43.2 Å². The molecule has 4 rings (SSSR count). The fourth-order valence-corrected chi connectivity index (χ4v) is 4.76. The van der Waals surface area contributed by atoms with Gasteiger partial charge in [-0.2, -0.15) is 0 Å². The lowest BCUT2D eigenvalue weighted by molar-refractivity contribution is -0.119. The molecule has 0 aromatic heterocycles. The first kappa shape index (κ1) is 23.7. The van der Waals surface area contributed by atoms with Crippen molar-refractivity contribution >= 4 is 46.5 Å². The zero-order valence-electron chi connectivity index (χ0n) is 18.4. The topological polar surface area (TPSA) is 99.1 Å². The van der Waals surface area contributed by atoms with Crippen molar-refractivity contribution in [2.75, 3.05) is 10.7 Å². The van der Waals surface area contributed by atoms with E-state index in [2.05, 4.69) is 10.3 Å². The summed E-state index contributed by atoms with van der Waals surface area (Å²) in [5, 5.41) is 12.4. The fraction of sp³-hybridized carbons (Fsp3) is 0.280. The summed E-state index contributed by atoms with van der Waals surface area (Å²) in [5.74, 6) is -1.90. The minimum Gasteiger partial charge on any atom is -0.478 e. The number of amidine groups is 1. The number of carbonyl (C=O) groups is 3. The lowest BCUT2D eigenvalue weighted by Crippen LogP contribution is -2.38. The minimum atomic E-state index is -1.04. The van der Waals surface area contributed by atoms with Crippen LogP contribution in [0.1, 0.15) is 48.0 Å². The quantitative estimate of drug-likeness (QED) is 0.594. The van der Waals surface area contributed by atoms with Gasteiger partial charge in [0.25, 0.3) is 5.91 Å². The molecule has 1 aliphatic carbocycles. The number of aromatic carboxylic acids is 1. The molecule has 2 aromatic rings. The van der Waals surface area contributed by atoms with Gasteiger partial charge in [0.2, 0.25) is 5.91 Å². The molecule has 34 heavy (non-hydrogen) atoms. The van der Waals surface area contributed by atoms with E-state index in [1.54, 1.807) is 18.2 Å². The molecular weight excluding hydrogens is 457 g/mol. The third-order valence-electron chi connectivity index (χ3n) is 5.68. The molecule has 1 saturated carbocycles. The Kier molecular flexibility index (Phi) is 7.42. The number of hydrogen-bond donors (Lipinski definition) is 2. The normalized spacial score (nSPS) is 17.7. The molecule has 2 N–H and O–H groups in total. The molecule has 7 nitrogen and oxygen atoms in total.